The molecule has 0 aromatic rings. The van der Waals surface area contributed by atoms with Gasteiger partial charge < -0.3 is 35.5 Å². The first kappa shape index (κ1) is 19.8. The Labute approximate surface area is 138 Å². The van der Waals surface area contributed by atoms with Crippen molar-refractivity contribution in [2.75, 3.05) is 13.7 Å². The highest BCUT2D eigenvalue weighted by molar-refractivity contribution is 5.85. The third kappa shape index (κ3) is 4.89. The number of carbonyl (C=O) groups is 2. The predicted octanol–water partition coefficient (Wildman–Crippen LogP) is -2.91. The maximum absolute atomic E-state index is 11.5. The number of nitrogens with one attached hydrogen (secondary N) is 2. The van der Waals surface area contributed by atoms with Crippen LogP contribution in [0.4, 0.5) is 0 Å². The van der Waals surface area contributed by atoms with E-state index in [0.717, 1.165) is 6.34 Å². The van der Waals surface area contributed by atoms with E-state index in [4.69, 9.17) is 20.4 Å². The van der Waals surface area contributed by atoms with Gasteiger partial charge in [0.05, 0.1) is 25.0 Å². The zero-order chi connectivity index (χ0) is 18.3. The molecule has 11 nitrogen and oxygen atoms in total. The summed E-state index contributed by atoms with van der Waals surface area (Å²) in [6.07, 6.45) is -1.26. The Morgan fingerprint density at radius 1 is 1.58 bits per heavy atom. The highest BCUT2D eigenvalue weighted by Gasteiger charge is 2.44. The molecule has 0 saturated carbocycles. The summed E-state index contributed by atoms with van der Waals surface area (Å²) in [5, 5.41) is 30.8. The molecule has 0 fully saturated rings. The summed E-state index contributed by atoms with van der Waals surface area (Å²) in [5.74, 6) is 2.93. The highest BCUT2D eigenvalue weighted by Crippen LogP contribution is 2.25. The van der Waals surface area contributed by atoms with Crippen LogP contribution in [0, 0.1) is 0 Å². The first-order valence-electron chi connectivity index (χ1n) is 7.04. The number of carboxylic acids is 1. The van der Waals surface area contributed by atoms with Crippen LogP contribution in [0.25, 0.3) is 0 Å². The number of aliphatic hydroxyl groups is 2. The molecule has 0 unspecified atom stereocenters. The van der Waals surface area contributed by atoms with Crippen molar-refractivity contribution in [2.24, 2.45) is 10.8 Å². The van der Waals surface area contributed by atoms with Gasteiger partial charge in [-0.05, 0) is 6.08 Å². The Hall–Kier alpha value is -2.21. The van der Waals surface area contributed by atoms with Crippen molar-refractivity contribution in [1.29, 1.82) is 0 Å². The van der Waals surface area contributed by atoms with E-state index in [1.165, 1.54) is 20.1 Å². The van der Waals surface area contributed by atoms with Gasteiger partial charge in [-0.2, -0.15) is 0 Å². The van der Waals surface area contributed by atoms with E-state index in [-0.39, 0.29) is 0 Å². The molecule has 0 aromatic heterocycles. The standard InChI is InChI=1S/C13H22N4O7/c1-6(19)17-10-7(15-5-16-14)3-9(13(21)22)24-12(10)11(23-2)8(20)4-18/h3,5,7-8,10-12,18,20H,4,14H2,1-2H3,(H,15,16)(H,17,19)(H,21,22)/t7-,8+,10+,11+,12+/m0/s1. The number of carboxylic acid groups (broad SMARTS) is 1. The van der Waals surface area contributed by atoms with Gasteiger partial charge in [-0.15, -0.1) is 0 Å². The van der Waals surface area contributed by atoms with E-state index in [0.29, 0.717) is 0 Å². The van der Waals surface area contributed by atoms with Gasteiger partial charge in [0, 0.05) is 14.0 Å². The molecule has 0 bridgehead atoms. The van der Waals surface area contributed by atoms with Crippen molar-refractivity contribution in [3.05, 3.63) is 11.8 Å². The number of rotatable bonds is 8. The largest absolute Gasteiger partial charge is 0.478 e. The number of methoxy groups -OCH3 is 1. The van der Waals surface area contributed by atoms with Crippen LogP contribution in [-0.2, 0) is 19.1 Å². The number of amides is 1. The summed E-state index contributed by atoms with van der Waals surface area (Å²) >= 11 is 0. The minimum Gasteiger partial charge on any atom is -0.478 e. The van der Waals surface area contributed by atoms with Crippen molar-refractivity contribution >= 4 is 18.2 Å². The molecule has 7 N–H and O–H groups in total. The Kier molecular flexibility index (Phi) is 7.58. The Morgan fingerprint density at radius 2 is 2.25 bits per heavy atom. The lowest BCUT2D eigenvalue weighted by Crippen LogP contribution is -2.60. The second-order valence-electron chi connectivity index (χ2n) is 5.03. The normalized spacial score (nSPS) is 26.2. The van der Waals surface area contributed by atoms with E-state index in [9.17, 15) is 19.8 Å². The number of ether oxygens (including phenoxy) is 2. The molecule has 5 atom stereocenters. The summed E-state index contributed by atoms with van der Waals surface area (Å²) < 4.78 is 10.5. The van der Waals surface area contributed by atoms with Crippen molar-refractivity contribution in [3.63, 3.8) is 0 Å². The maximum Gasteiger partial charge on any atom is 0.370 e. The number of nitrogens with two attached hydrogens (primary N) is 1. The summed E-state index contributed by atoms with van der Waals surface area (Å²) in [6.45, 7) is 0.620. The molecule has 0 radical (unpaired) electrons. The van der Waals surface area contributed by atoms with E-state index in [1.807, 2.05) is 0 Å². The van der Waals surface area contributed by atoms with Gasteiger partial charge in [0.25, 0.3) is 0 Å². The van der Waals surface area contributed by atoms with E-state index in [1.54, 1.807) is 0 Å². The van der Waals surface area contributed by atoms with Crippen molar-refractivity contribution in [3.8, 4) is 0 Å². The highest BCUT2D eigenvalue weighted by atomic mass is 16.6. The lowest BCUT2D eigenvalue weighted by molar-refractivity contribution is -0.149. The van der Waals surface area contributed by atoms with Gasteiger partial charge >= 0.3 is 5.97 Å². The van der Waals surface area contributed by atoms with E-state index < -0.39 is 54.6 Å². The van der Waals surface area contributed by atoms with E-state index in [2.05, 4.69) is 15.7 Å². The second-order valence-corrected chi connectivity index (χ2v) is 5.03. The zero-order valence-corrected chi connectivity index (χ0v) is 13.2. The second kappa shape index (κ2) is 9.17. The molecule has 1 amide bonds. The molecule has 0 saturated heterocycles. The number of nitrogens with zero attached hydrogens (tertiary/aromatic N) is 1. The molecule has 1 heterocycles. The monoisotopic (exact) mass is 346 g/mol. The zero-order valence-electron chi connectivity index (χ0n) is 13.2. The molecule has 1 aliphatic heterocycles. The fraction of sp³-hybridized carbons (Fsp3) is 0.615. The maximum atomic E-state index is 11.5. The van der Waals surface area contributed by atoms with Crippen LogP contribution in [0.5, 0.6) is 0 Å². The Balaban J connectivity index is 3.29. The molecule has 0 aliphatic carbocycles. The van der Waals surface area contributed by atoms with Crippen LogP contribution < -0.4 is 16.6 Å². The van der Waals surface area contributed by atoms with Crippen LogP contribution >= 0.6 is 0 Å². The third-order valence-electron chi connectivity index (χ3n) is 3.37. The van der Waals surface area contributed by atoms with Gasteiger partial charge in [0.1, 0.15) is 12.2 Å². The molecular weight excluding hydrogens is 324 g/mol. The first-order valence-corrected chi connectivity index (χ1v) is 7.04. The number of hydrogen-bond donors (Lipinski definition) is 6. The summed E-state index contributed by atoms with van der Waals surface area (Å²) in [6, 6.07) is -1.71. The van der Waals surface area contributed by atoms with Crippen LogP contribution in [-0.4, -0.2) is 77.6 Å². The molecule has 1 rings (SSSR count). The van der Waals surface area contributed by atoms with Crippen LogP contribution in [0.3, 0.4) is 0 Å². The SMILES string of the molecule is CO[C@@H]([C@@H]1OC(C(=O)O)=C[C@H](N=CNN)[C@H]1NC(C)=O)[C@H](O)CO. The third-order valence-corrected chi connectivity index (χ3v) is 3.37. The summed E-state index contributed by atoms with van der Waals surface area (Å²) in [5.41, 5.74) is 2.18. The minimum absolute atomic E-state index is 0.421. The average Bonchev–Trinajstić information content (AvgIpc) is 2.54. The Morgan fingerprint density at radius 3 is 2.71 bits per heavy atom. The van der Waals surface area contributed by atoms with Gasteiger partial charge in [-0.1, -0.05) is 0 Å². The van der Waals surface area contributed by atoms with Gasteiger partial charge in [-0.25, -0.2) is 10.6 Å². The molecular formula is C13H22N4O7. The summed E-state index contributed by atoms with van der Waals surface area (Å²) in [7, 11) is 1.26. The smallest absolute Gasteiger partial charge is 0.370 e. The van der Waals surface area contributed by atoms with E-state index >= 15 is 0 Å². The molecule has 24 heavy (non-hydrogen) atoms. The fourth-order valence-corrected chi connectivity index (χ4v) is 2.39. The van der Waals surface area contributed by atoms with Crippen LogP contribution in [0.15, 0.2) is 16.8 Å². The summed E-state index contributed by atoms with van der Waals surface area (Å²) in [4.78, 5) is 26.8. The number of aliphatic hydroxyl groups excluding tert-OH is 2. The number of hydrazine groups is 1. The lowest BCUT2D eigenvalue weighted by atomic mass is 9.92. The minimum atomic E-state index is -1.36. The van der Waals surface area contributed by atoms with Gasteiger partial charge in [-0.3, -0.25) is 9.79 Å². The fourth-order valence-electron chi connectivity index (χ4n) is 2.39. The quantitative estimate of drug-likeness (QED) is 0.116. The molecule has 0 aromatic carbocycles. The Bertz CT molecular complexity index is 511. The molecule has 0 spiro atoms. The number of aliphatic imine (C=N–C) groups is 1. The number of aliphatic carboxylic acids is 1. The lowest BCUT2D eigenvalue weighted by Gasteiger charge is -2.39. The first-order chi connectivity index (χ1) is 11.3. The topological polar surface area (TPSA) is 176 Å². The van der Waals surface area contributed by atoms with Gasteiger partial charge in [0.15, 0.2) is 6.10 Å². The molecule has 1 aliphatic rings. The predicted molar refractivity (Wildman–Crippen MR) is 81.7 cm³/mol. The number of hydrogen-bond acceptors (Lipinski definition) is 8. The van der Waals surface area contributed by atoms with Crippen molar-refractivity contribution < 1.29 is 34.4 Å². The molecule has 11 heteroatoms. The van der Waals surface area contributed by atoms with Crippen molar-refractivity contribution in [2.45, 2.75) is 37.3 Å². The van der Waals surface area contributed by atoms with Crippen molar-refractivity contribution in [1.82, 2.24) is 10.7 Å². The molecule has 136 valence electrons. The average molecular weight is 346 g/mol. The van der Waals surface area contributed by atoms with Crippen LogP contribution in [0.2, 0.25) is 0 Å². The van der Waals surface area contributed by atoms with Gasteiger partial charge in [0.2, 0.25) is 11.7 Å². The van der Waals surface area contributed by atoms with Crippen LogP contribution in [0.1, 0.15) is 6.92 Å². The number of carbonyl (C=O) groups excluding carboxylic acids is 1.